The van der Waals surface area contributed by atoms with E-state index in [1.54, 1.807) is 18.5 Å². The largest absolute Gasteiger partial charge is 0.294 e. The lowest BCUT2D eigenvalue weighted by molar-refractivity contribution is -0.484. The molecule has 6 nitrogen and oxygen atoms in total. The molecule has 0 fully saturated rings. The first kappa shape index (κ1) is 22.0. The van der Waals surface area contributed by atoms with Gasteiger partial charge in [-0.15, -0.1) is 0 Å². The molecule has 0 bridgehead atoms. The van der Waals surface area contributed by atoms with Crippen molar-refractivity contribution in [1.82, 2.24) is 9.88 Å². The Hall–Kier alpha value is -1.32. The molecule has 1 heterocycles. The number of halogens is 2. The van der Waals surface area contributed by atoms with E-state index in [0.717, 1.165) is 24.2 Å². The molecule has 10 heteroatoms. The number of rotatable bonds is 8. The molecule has 27 heavy (non-hydrogen) atoms. The van der Waals surface area contributed by atoms with Crippen LogP contribution in [-0.4, -0.2) is 37.8 Å². The molecule has 2 aromatic rings. The van der Waals surface area contributed by atoms with Crippen molar-refractivity contribution < 1.29 is 5.03 Å². The minimum absolute atomic E-state index is 0.444. The first-order chi connectivity index (χ1) is 13.0. The summed E-state index contributed by atoms with van der Waals surface area (Å²) in [5.74, 6) is 0.683. The van der Waals surface area contributed by atoms with Crippen LogP contribution in [0.3, 0.4) is 0 Å². The van der Waals surface area contributed by atoms with E-state index in [2.05, 4.69) is 15.0 Å². The van der Waals surface area contributed by atoms with Crippen LogP contribution in [-0.2, 0) is 13.1 Å². The third-order valence-corrected chi connectivity index (χ3v) is 5.96. The van der Waals surface area contributed by atoms with Crippen molar-refractivity contribution >= 4 is 51.1 Å². The van der Waals surface area contributed by atoms with E-state index >= 15 is 0 Å². The first-order valence-corrected chi connectivity index (χ1v) is 10.9. The number of hydrogen-bond donors (Lipinski definition) is 0. The highest BCUT2D eigenvalue weighted by Gasteiger charge is 2.11. The van der Waals surface area contributed by atoms with Crippen molar-refractivity contribution in [1.29, 1.82) is 0 Å². The fourth-order valence-corrected chi connectivity index (χ4v) is 4.03. The molecule has 0 saturated heterocycles. The molecule has 0 N–H and O–H groups in total. The van der Waals surface area contributed by atoms with Crippen molar-refractivity contribution in [3.05, 3.63) is 74.0 Å². The van der Waals surface area contributed by atoms with Crippen LogP contribution in [0.4, 0.5) is 0 Å². The Bertz CT molecular complexity index is 726. The number of thioether (sulfide) groups is 2. The maximum absolute atomic E-state index is 10.6. The molecule has 0 radical (unpaired) electrons. The summed E-state index contributed by atoms with van der Waals surface area (Å²) in [4.78, 5) is 16.9. The summed E-state index contributed by atoms with van der Waals surface area (Å²) in [6, 6.07) is 11.4. The van der Waals surface area contributed by atoms with Gasteiger partial charge in [0.25, 0.3) is 0 Å². The SMILES string of the molecule is CS/C(=N\[N+](=O)[O-])SCCN(Cc1ccc(Cl)cc1)Cc1ccc(Cl)nc1. The molecule has 0 aliphatic heterocycles. The summed E-state index contributed by atoms with van der Waals surface area (Å²) < 4.78 is 0.444. The standard InChI is InChI=1S/C17H18Cl2N4O2S2/c1-26-17(21-23(24)25)27-9-8-22(11-13-2-5-15(18)6-3-13)12-14-4-7-16(19)20-10-14/h2-7,10H,8-9,11-12H2,1H3/b21-17+. The van der Waals surface area contributed by atoms with Gasteiger partial charge < -0.3 is 0 Å². The van der Waals surface area contributed by atoms with E-state index in [-0.39, 0.29) is 0 Å². The van der Waals surface area contributed by atoms with Crippen LogP contribution < -0.4 is 0 Å². The van der Waals surface area contributed by atoms with Crippen molar-refractivity contribution in [3.8, 4) is 0 Å². The Morgan fingerprint density at radius 2 is 1.85 bits per heavy atom. The van der Waals surface area contributed by atoms with Crippen LogP contribution in [0.1, 0.15) is 11.1 Å². The third kappa shape index (κ3) is 8.49. The number of benzene rings is 1. The van der Waals surface area contributed by atoms with E-state index in [4.69, 9.17) is 23.2 Å². The van der Waals surface area contributed by atoms with Gasteiger partial charge in [-0.05, 0) is 35.6 Å². The molecule has 0 unspecified atom stereocenters. The molecule has 0 spiro atoms. The number of hydrazone groups is 1. The number of nitrogens with zero attached hydrogens (tertiary/aromatic N) is 4. The number of hydrogen-bond acceptors (Lipinski definition) is 6. The molecule has 1 aromatic heterocycles. The average molecular weight is 445 g/mol. The summed E-state index contributed by atoms with van der Waals surface area (Å²) in [5, 5.41) is 14.4. The van der Waals surface area contributed by atoms with Crippen molar-refractivity contribution in [3.63, 3.8) is 0 Å². The number of pyridine rings is 1. The maximum atomic E-state index is 10.6. The van der Waals surface area contributed by atoms with Crippen LogP contribution in [0.15, 0.2) is 47.7 Å². The van der Waals surface area contributed by atoms with Gasteiger partial charge in [0.05, 0.1) is 5.10 Å². The van der Waals surface area contributed by atoms with E-state index in [1.165, 1.54) is 23.5 Å². The van der Waals surface area contributed by atoms with Gasteiger partial charge in [-0.3, -0.25) is 4.90 Å². The Morgan fingerprint density at radius 3 is 2.44 bits per heavy atom. The van der Waals surface area contributed by atoms with Crippen LogP contribution in [0.2, 0.25) is 10.2 Å². The van der Waals surface area contributed by atoms with Gasteiger partial charge in [0.2, 0.25) is 4.38 Å². The van der Waals surface area contributed by atoms with Gasteiger partial charge in [-0.1, -0.05) is 64.9 Å². The molecular formula is C17H18Cl2N4O2S2. The summed E-state index contributed by atoms with van der Waals surface area (Å²) >= 11 is 14.5. The highest BCUT2D eigenvalue weighted by molar-refractivity contribution is 8.38. The second-order valence-corrected chi connectivity index (χ2v) is 8.44. The molecular weight excluding hydrogens is 427 g/mol. The lowest BCUT2D eigenvalue weighted by atomic mass is 10.2. The van der Waals surface area contributed by atoms with Crippen LogP contribution in [0.5, 0.6) is 0 Å². The van der Waals surface area contributed by atoms with Crippen molar-refractivity contribution in [2.75, 3.05) is 18.6 Å². The smallest absolute Gasteiger partial charge is 0.203 e. The lowest BCUT2D eigenvalue weighted by Gasteiger charge is -2.22. The van der Waals surface area contributed by atoms with E-state index < -0.39 is 5.03 Å². The molecule has 144 valence electrons. The Kier molecular flexibility index (Phi) is 9.36. The quantitative estimate of drug-likeness (QED) is 0.187. The first-order valence-electron chi connectivity index (χ1n) is 7.93. The Balaban J connectivity index is 2.02. The molecule has 0 atom stereocenters. The van der Waals surface area contributed by atoms with E-state index in [1.807, 2.05) is 30.3 Å². The molecule has 0 amide bonds. The van der Waals surface area contributed by atoms with E-state index in [0.29, 0.717) is 26.8 Å². The summed E-state index contributed by atoms with van der Waals surface area (Å²) in [5.41, 5.74) is 2.18. The maximum Gasteiger partial charge on any atom is 0.203 e. The van der Waals surface area contributed by atoms with Gasteiger partial charge >= 0.3 is 0 Å². The minimum Gasteiger partial charge on any atom is -0.294 e. The minimum atomic E-state index is -0.663. The summed E-state index contributed by atoms with van der Waals surface area (Å²) in [6.07, 6.45) is 3.53. The average Bonchev–Trinajstić information content (AvgIpc) is 2.64. The predicted molar refractivity (Wildman–Crippen MR) is 115 cm³/mol. The normalized spacial score (nSPS) is 11.8. The van der Waals surface area contributed by atoms with Gasteiger partial charge in [0, 0.05) is 36.6 Å². The molecule has 0 aliphatic carbocycles. The van der Waals surface area contributed by atoms with Gasteiger partial charge in [-0.2, -0.15) is 0 Å². The van der Waals surface area contributed by atoms with Crippen molar-refractivity contribution in [2.45, 2.75) is 13.1 Å². The monoisotopic (exact) mass is 444 g/mol. The summed E-state index contributed by atoms with van der Waals surface area (Å²) in [7, 11) is 0. The van der Waals surface area contributed by atoms with Crippen LogP contribution in [0, 0.1) is 10.1 Å². The zero-order valence-corrected chi connectivity index (χ0v) is 17.7. The lowest BCUT2D eigenvalue weighted by Crippen LogP contribution is -2.25. The predicted octanol–water partition coefficient (Wildman–Crippen LogP) is 5.03. The molecule has 0 saturated carbocycles. The van der Waals surface area contributed by atoms with Crippen LogP contribution >= 0.6 is 46.7 Å². The summed E-state index contributed by atoms with van der Waals surface area (Å²) in [6.45, 7) is 2.14. The molecule has 1 aromatic carbocycles. The molecule has 2 rings (SSSR count). The van der Waals surface area contributed by atoms with E-state index in [9.17, 15) is 10.1 Å². The topological polar surface area (TPSA) is 71.6 Å². The zero-order valence-electron chi connectivity index (χ0n) is 14.5. The Labute approximate surface area is 176 Å². The van der Waals surface area contributed by atoms with Crippen molar-refractivity contribution in [2.24, 2.45) is 5.10 Å². The number of nitro groups is 1. The fourth-order valence-electron chi connectivity index (χ4n) is 2.28. The molecule has 0 aliphatic rings. The number of aromatic nitrogens is 1. The third-order valence-electron chi connectivity index (χ3n) is 3.49. The van der Waals surface area contributed by atoms with Crippen LogP contribution in [0.25, 0.3) is 0 Å². The second kappa shape index (κ2) is 11.5. The van der Waals surface area contributed by atoms with Gasteiger partial charge in [0.1, 0.15) is 5.15 Å². The van der Waals surface area contributed by atoms with Gasteiger partial charge in [-0.25, -0.2) is 15.1 Å². The Morgan fingerprint density at radius 1 is 1.19 bits per heavy atom. The highest BCUT2D eigenvalue weighted by Crippen LogP contribution is 2.18. The highest BCUT2D eigenvalue weighted by atomic mass is 35.5. The fraction of sp³-hybridized carbons (Fsp3) is 0.294. The van der Waals surface area contributed by atoms with Gasteiger partial charge in [0.15, 0.2) is 5.03 Å². The second-order valence-electron chi connectivity index (χ2n) is 5.48. The zero-order chi connectivity index (χ0) is 19.6.